The number of aromatic nitrogens is 5. The van der Waals surface area contributed by atoms with Gasteiger partial charge in [0.15, 0.2) is 12.1 Å². The van der Waals surface area contributed by atoms with Crippen molar-refractivity contribution >= 4 is 33.8 Å². The number of carbonyl (C=O) groups excluding carboxylic acids is 1. The van der Waals surface area contributed by atoms with Crippen molar-refractivity contribution in [2.75, 3.05) is 6.61 Å². The molecule has 1 amide bonds. The number of carboxylic acids is 1. The van der Waals surface area contributed by atoms with E-state index >= 15 is 0 Å². The number of aliphatic carboxylic acids is 1. The van der Waals surface area contributed by atoms with Crippen LogP contribution in [0, 0.1) is 0 Å². The van der Waals surface area contributed by atoms with Crippen molar-refractivity contribution in [2.24, 2.45) is 0 Å². The Balaban J connectivity index is 0.000000429. The molecule has 182 valence electrons. The van der Waals surface area contributed by atoms with Gasteiger partial charge in [0.1, 0.15) is 11.3 Å². The van der Waals surface area contributed by atoms with Crippen molar-refractivity contribution < 1.29 is 32.6 Å². The highest BCUT2D eigenvalue weighted by Gasteiger charge is 2.38. The first kappa shape index (κ1) is 24.8. The molecule has 12 nitrogen and oxygen atoms in total. The molecule has 1 aromatic carbocycles. The summed E-state index contributed by atoms with van der Waals surface area (Å²) in [7, 11) is 0. The molecule has 0 aliphatic heterocycles. The Morgan fingerprint density at radius 2 is 1.89 bits per heavy atom. The van der Waals surface area contributed by atoms with Crippen LogP contribution in [0.2, 0.25) is 0 Å². The monoisotopic (exact) mass is 492 g/mol. The molecular weight excluding hydrogens is 477 g/mol. The molecule has 4 N–H and O–H groups in total. The lowest BCUT2D eigenvalue weighted by atomic mass is 10.2. The van der Waals surface area contributed by atoms with E-state index in [-0.39, 0.29) is 41.0 Å². The van der Waals surface area contributed by atoms with Gasteiger partial charge in [-0.25, -0.2) is 4.79 Å². The van der Waals surface area contributed by atoms with E-state index in [1.807, 2.05) is 6.07 Å². The zero-order valence-electron chi connectivity index (χ0n) is 17.4. The molecule has 0 radical (unpaired) electrons. The van der Waals surface area contributed by atoms with E-state index in [1.54, 1.807) is 24.4 Å². The van der Waals surface area contributed by atoms with E-state index in [1.165, 1.54) is 12.1 Å². The molecule has 0 aliphatic carbocycles. The number of carbonyl (C=O) groups is 2. The van der Waals surface area contributed by atoms with Gasteiger partial charge in [-0.15, -0.1) is 5.10 Å². The largest absolute Gasteiger partial charge is 0.490 e. The van der Waals surface area contributed by atoms with Gasteiger partial charge >= 0.3 is 12.1 Å². The fourth-order valence-electron chi connectivity index (χ4n) is 2.67. The first-order chi connectivity index (χ1) is 16.6. The van der Waals surface area contributed by atoms with Crippen LogP contribution in [-0.4, -0.2) is 55.1 Å². The summed E-state index contributed by atoms with van der Waals surface area (Å²) in [5, 5.41) is 19.7. The van der Waals surface area contributed by atoms with Crippen LogP contribution in [0.1, 0.15) is 5.69 Å². The number of benzene rings is 1. The van der Waals surface area contributed by atoms with Crippen LogP contribution < -0.4 is 21.0 Å². The predicted molar refractivity (Wildman–Crippen MR) is 114 cm³/mol. The Labute approximate surface area is 191 Å². The average molecular weight is 492 g/mol. The maximum absolute atomic E-state index is 12.5. The minimum absolute atomic E-state index is 0.0267. The molecule has 15 heteroatoms. The highest BCUT2D eigenvalue weighted by atomic mass is 19.4. The zero-order valence-corrected chi connectivity index (χ0v) is 17.4. The van der Waals surface area contributed by atoms with Crippen molar-refractivity contribution in [3.05, 3.63) is 68.9 Å². The Bertz CT molecular complexity index is 1490. The number of alkyl halides is 3. The number of nitrogens with zero attached hydrogens (tertiary/aromatic N) is 3. The lowest BCUT2D eigenvalue weighted by Gasteiger charge is -2.07. The Morgan fingerprint density at radius 3 is 2.54 bits per heavy atom. The third kappa shape index (κ3) is 6.37. The molecule has 4 rings (SSSR count). The van der Waals surface area contributed by atoms with Crippen molar-refractivity contribution in [1.29, 1.82) is 0 Å². The average Bonchev–Trinajstić information content (AvgIpc) is 3.29. The van der Waals surface area contributed by atoms with Gasteiger partial charge in [-0.1, -0.05) is 11.3 Å². The highest BCUT2D eigenvalue weighted by molar-refractivity contribution is 5.87. The van der Waals surface area contributed by atoms with Crippen LogP contribution in [0.5, 0.6) is 5.75 Å². The smallest absolute Gasteiger partial charge is 0.484 e. The standard InChI is InChI=1S/C18H14N6O4.C2HF3O2/c25-14(20-8-10-3-1-2-6-19-10)9-28-11-4-5-12-13(7-11)21-18(27)16-15(17(12)26)22-24-23-16;3-2(4,5)1(6)7/h1-7H,8-9H2,(H,20,25)(H,21,27)(H,22,23,24);(H,6,7). The third-order valence-corrected chi connectivity index (χ3v) is 4.28. The van der Waals surface area contributed by atoms with Crippen LogP contribution in [0.3, 0.4) is 0 Å². The number of carboxylic acid groups (broad SMARTS) is 1. The van der Waals surface area contributed by atoms with E-state index < -0.39 is 23.1 Å². The van der Waals surface area contributed by atoms with E-state index in [4.69, 9.17) is 14.6 Å². The number of pyridine rings is 1. The second-order valence-corrected chi connectivity index (χ2v) is 6.72. The lowest BCUT2D eigenvalue weighted by Crippen LogP contribution is -2.28. The lowest BCUT2D eigenvalue weighted by molar-refractivity contribution is -0.192. The molecule has 0 unspecified atom stereocenters. The SMILES string of the molecule is O=C(COc1ccc2c(=O)c3[nH]nnc3c(=O)[nH]c2c1)NCc1ccccn1.O=C(O)C(F)(F)F. The minimum atomic E-state index is -5.08. The topological polar surface area (TPSA) is 180 Å². The second kappa shape index (κ2) is 10.4. The van der Waals surface area contributed by atoms with Gasteiger partial charge in [-0.05, 0) is 24.3 Å². The summed E-state index contributed by atoms with van der Waals surface area (Å²) in [5.74, 6) is -2.75. The number of nitrogens with one attached hydrogen (secondary N) is 3. The summed E-state index contributed by atoms with van der Waals surface area (Å²) in [6, 6.07) is 9.96. The van der Waals surface area contributed by atoms with Crippen LogP contribution in [0.25, 0.3) is 21.9 Å². The van der Waals surface area contributed by atoms with Gasteiger partial charge < -0.3 is 20.1 Å². The number of amides is 1. The number of halogens is 3. The van der Waals surface area contributed by atoms with Crippen LogP contribution in [0.15, 0.2) is 52.2 Å². The number of hydrogen-bond acceptors (Lipinski definition) is 8. The quantitative estimate of drug-likeness (QED) is 0.315. The van der Waals surface area contributed by atoms with E-state index in [9.17, 15) is 27.6 Å². The normalized spacial score (nSPS) is 10.9. The molecule has 0 saturated heterocycles. The maximum atomic E-state index is 12.5. The molecule has 3 aromatic heterocycles. The molecule has 4 aromatic rings. The highest BCUT2D eigenvalue weighted by Crippen LogP contribution is 2.17. The number of H-pyrrole nitrogens is 2. The molecule has 0 saturated carbocycles. The van der Waals surface area contributed by atoms with Crippen molar-refractivity contribution in [3.8, 4) is 5.75 Å². The van der Waals surface area contributed by atoms with Gasteiger partial charge in [0.2, 0.25) is 5.43 Å². The van der Waals surface area contributed by atoms with Crippen molar-refractivity contribution in [2.45, 2.75) is 12.7 Å². The number of rotatable bonds is 5. The molecule has 3 heterocycles. The first-order valence-corrected chi connectivity index (χ1v) is 9.57. The zero-order chi connectivity index (χ0) is 25.6. The van der Waals surface area contributed by atoms with Gasteiger partial charge in [-0.2, -0.15) is 13.2 Å². The maximum Gasteiger partial charge on any atom is 0.490 e. The molecule has 35 heavy (non-hydrogen) atoms. The Kier molecular flexibility index (Phi) is 7.38. The van der Waals surface area contributed by atoms with Gasteiger partial charge in [0.25, 0.3) is 11.5 Å². The molecule has 0 bridgehead atoms. The number of fused-ring (bicyclic) bond motifs is 2. The first-order valence-electron chi connectivity index (χ1n) is 9.57. The van der Waals surface area contributed by atoms with Crippen molar-refractivity contribution in [1.82, 2.24) is 30.7 Å². The molecule has 0 aliphatic rings. The van der Waals surface area contributed by atoms with E-state index in [0.29, 0.717) is 5.75 Å². The molecular formula is C20H15F3N6O6. The summed E-state index contributed by atoms with van der Waals surface area (Å²) in [5.41, 5.74) is -0.00769. The Morgan fingerprint density at radius 1 is 1.14 bits per heavy atom. The Hall–Kier alpha value is -4.82. The van der Waals surface area contributed by atoms with Crippen LogP contribution in [0.4, 0.5) is 13.2 Å². The number of hydrogen-bond donors (Lipinski definition) is 4. The van der Waals surface area contributed by atoms with Gasteiger partial charge in [-0.3, -0.25) is 24.5 Å². The minimum Gasteiger partial charge on any atom is -0.484 e. The fraction of sp³-hybridized carbons (Fsp3) is 0.150. The fourth-order valence-corrected chi connectivity index (χ4v) is 2.67. The number of aromatic amines is 2. The van der Waals surface area contributed by atoms with Crippen LogP contribution >= 0.6 is 0 Å². The van der Waals surface area contributed by atoms with Crippen LogP contribution in [-0.2, 0) is 16.1 Å². The summed E-state index contributed by atoms with van der Waals surface area (Å²) in [6.45, 7) is 0.0641. The molecule has 0 fully saturated rings. The molecule has 0 atom stereocenters. The number of ether oxygens (including phenoxy) is 1. The predicted octanol–water partition coefficient (Wildman–Crippen LogP) is 0.883. The summed E-state index contributed by atoms with van der Waals surface area (Å²) >= 11 is 0. The van der Waals surface area contributed by atoms with Gasteiger partial charge in [0.05, 0.1) is 17.8 Å². The third-order valence-electron chi connectivity index (χ3n) is 4.28. The van der Waals surface area contributed by atoms with E-state index in [2.05, 4.69) is 30.7 Å². The summed E-state index contributed by atoms with van der Waals surface area (Å²) in [4.78, 5) is 52.2. The summed E-state index contributed by atoms with van der Waals surface area (Å²) < 4.78 is 37.2. The molecule has 0 spiro atoms. The van der Waals surface area contributed by atoms with E-state index in [0.717, 1.165) is 5.69 Å². The van der Waals surface area contributed by atoms with Gasteiger partial charge in [0, 0.05) is 17.6 Å². The summed E-state index contributed by atoms with van der Waals surface area (Å²) in [6.07, 6.45) is -3.44. The second-order valence-electron chi connectivity index (χ2n) is 6.72. The van der Waals surface area contributed by atoms with Crippen molar-refractivity contribution in [3.63, 3.8) is 0 Å².